The molecule has 1 amide bonds. The third kappa shape index (κ3) is 5.13. The highest BCUT2D eigenvalue weighted by Crippen LogP contribution is 2.49. The second-order valence-electron chi connectivity index (χ2n) is 9.67. The molecule has 1 aliphatic carbocycles. The third-order valence-corrected chi connectivity index (χ3v) is 6.55. The minimum absolute atomic E-state index is 0.170. The number of rotatable bonds is 7. The zero-order chi connectivity index (χ0) is 23.9. The predicted molar refractivity (Wildman–Crippen MR) is 123 cm³/mol. The Balaban J connectivity index is 1.79. The minimum Gasteiger partial charge on any atom is -0.392 e. The fraction of sp³-hybridized carbons (Fsp3) is 0.458. The normalized spacial score (nSPS) is 16.3. The lowest BCUT2D eigenvalue weighted by molar-refractivity contribution is -0.124. The molecule has 0 unspecified atom stereocenters. The summed E-state index contributed by atoms with van der Waals surface area (Å²) in [6.07, 6.45) is 2.34. The zero-order valence-electron chi connectivity index (χ0n) is 19.1. The molecule has 8 heteroatoms. The molecular formula is C24H31FN2O4S. The van der Waals surface area contributed by atoms with Gasteiger partial charge in [-0.2, -0.15) is 0 Å². The van der Waals surface area contributed by atoms with Crippen molar-refractivity contribution in [1.29, 1.82) is 0 Å². The first kappa shape index (κ1) is 24.2. The average Bonchev–Trinajstić information content (AvgIpc) is 3.48. The van der Waals surface area contributed by atoms with E-state index < -0.39 is 15.4 Å². The Morgan fingerprint density at radius 3 is 2.34 bits per heavy atom. The number of sulfonamides is 1. The van der Waals surface area contributed by atoms with Crippen LogP contribution in [-0.2, 0) is 32.3 Å². The van der Waals surface area contributed by atoms with Gasteiger partial charge in [0.05, 0.1) is 30.0 Å². The SMILES string of the molecule is C[C@@H](NC(=O)C1(c2ccc(C(C)(C)C)c(F)c2)CC1)c1ccc(NS(C)(=O)=O)c(CO)c1. The van der Waals surface area contributed by atoms with Gasteiger partial charge in [0, 0.05) is 5.56 Å². The van der Waals surface area contributed by atoms with Crippen LogP contribution in [0, 0.1) is 5.82 Å². The maximum Gasteiger partial charge on any atom is 0.231 e. The number of nitrogens with one attached hydrogen (secondary N) is 2. The van der Waals surface area contributed by atoms with E-state index in [2.05, 4.69) is 10.0 Å². The van der Waals surface area contributed by atoms with Crippen LogP contribution >= 0.6 is 0 Å². The fourth-order valence-electron chi connectivity index (χ4n) is 3.92. The highest BCUT2D eigenvalue weighted by atomic mass is 32.2. The van der Waals surface area contributed by atoms with Gasteiger partial charge in [-0.15, -0.1) is 0 Å². The van der Waals surface area contributed by atoms with Crippen molar-refractivity contribution in [2.75, 3.05) is 11.0 Å². The van der Waals surface area contributed by atoms with Gasteiger partial charge in [0.1, 0.15) is 5.82 Å². The number of carbonyl (C=O) groups excluding carboxylic acids is 1. The van der Waals surface area contributed by atoms with Crippen LogP contribution in [0.15, 0.2) is 36.4 Å². The standard InChI is InChI=1S/C24H31FN2O4S/c1-15(16-6-9-21(17(12-16)14-28)27-32(5,30)31)26-22(29)24(10-11-24)18-7-8-19(20(25)13-18)23(2,3)4/h6-9,12-13,15,27-28H,10-11,14H2,1-5H3,(H,26,29)/t15-/m1/s1. The van der Waals surface area contributed by atoms with Gasteiger partial charge < -0.3 is 10.4 Å². The van der Waals surface area contributed by atoms with E-state index in [1.165, 1.54) is 6.07 Å². The van der Waals surface area contributed by atoms with Gasteiger partial charge in [-0.25, -0.2) is 12.8 Å². The van der Waals surface area contributed by atoms with E-state index in [1.54, 1.807) is 24.3 Å². The molecule has 3 N–H and O–H groups in total. The summed E-state index contributed by atoms with van der Waals surface area (Å²) in [6, 6.07) is 9.64. The molecule has 0 spiro atoms. The Bertz CT molecular complexity index is 1140. The highest BCUT2D eigenvalue weighted by Gasteiger charge is 2.51. The van der Waals surface area contributed by atoms with Gasteiger partial charge >= 0.3 is 0 Å². The number of hydrogen-bond donors (Lipinski definition) is 3. The summed E-state index contributed by atoms with van der Waals surface area (Å²) >= 11 is 0. The number of aliphatic hydroxyl groups excluding tert-OH is 1. The molecule has 2 aromatic rings. The Morgan fingerprint density at radius 1 is 1.19 bits per heavy atom. The quantitative estimate of drug-likeness (QED) is 0.582. The summed E-state index contributed by atoms with van der Waals surface area (Å²) in [7, 11) is -3.48. The smallest absolute Gasteiger partial charge is 0.231 e. The van der Waals surface area contributed by atoms with Crippen LogP contribution in [0.1, 0.15) is 68.8 Å². The molecule has 1 saturated carbocycles. The van der Waals surface area contributed by atoms with Crippen LogP contribution in [0.4, 0.5) is 10.1 Å². The van der Waals surface area contributed by atoms with Gasteiger partial charge in [0.2, 0.25) is 15.9 Å². The Morgan fingerprint density at radius 2 is 1.84 bits per heavy atom. The van der Waals surface area contributed by atoms with Gasteiger partial charge in [-0.05, 0) is 60.1 Å². The van der Waals surface area contributed by atoms with Crippen LogP contribution in [0.5, 0.6) is 0 Å². The molecule has 1 atom stereocenters. The van der Waals surface area contributed by atoms with Crippen LogP contribution in [-0.4, -0.2) is 25.7 Å². The first-order valence-electron chi connectivity index (χ1n) is 10.6. The number of aliphatic hydroxyl groups is 1. The van der Waals surface area contributed by atoms with E-state index in [4.69, 9.17) is 0 Å². The van der Waals surface area contributed by atoms with Crippen molar-refractivity contribution in [3.8, 4) is 0 Å². The average molecular weight is 463 g/mol. The summed E-state index contributed by atoms with van der Waals surface area (Å²) in [6.45, 7) is 7.31. The third-order valence-electron chi connectivity index (χ3n) is 5.96. The predicted octanol–water partition coefficient (Wildman–Crippen LogP) is 3.90. The number of benzene rings is 2. The van der Waals surface area contributed by atoms with Crippen molar-refractivity contribution in [1.82, 2.24) is 5.32 Å². The first-order chi connectivity index (χ1) is 14.8. The molecule has 0 aliphatic heterocycles. The molecule has 0 aromatic heterocycles. The fourth-order valence-corrected chi connectivity index (χ4v) is 4.52. The van der Waals surface area contributed by atoms with Crippen molar-refractivity contribution in [3.05, 3.63) is 64.5 Å². The lowest BCUT2D eigenvalue weighted by Gasteiger charge is -2.24. The van der Waals surface area contributed by atoms with E-state index in [0.717, 1.165) is 11.8 Å². The largest absolute Gasteiger partial charge is 0.392 e. The molecule has 3 rings (SSSR count). The molecule has 6 nitrogen and oxygen atoms in total. The topological polar surface area (TPSA) is 95.5 Å². The van der Waals surface area contributed by atoms with Gasteiger partial charge in [0.15, 0.2) is 0 Å². The number of amides is 1. The maximum absolute atomic E-state index is 14.7. The summed E-state index contributed by atoms with van der Waals surface area (Å²) in [4.78, 5) is 13.1. The van der Waals surface area contributed by atoms with E-state index >= 15 is 0 Å². The Hall–Kier alpha value is -2.45. The van der Waals surface area contributed by atoms with Gasteiger partial charge in [-0.1, -0.05) is 39.0 Å². The summed E-state index contributed by atoms with van der Waals surface area (Å²) in [5, 5.41) is 12.6. The minimum atomic E-state index is -3.48. The molecule has 1 aliphatic rings. The lowest BCUT2D eigenvalue weighted by atomic mass is 9.84. The highest BCUT2D eigenvalue weighted by molar-refractivity contribution is 7.92. The van der Waals surface area contributed by atoms with Crippen molar-refractivity contribution < 1.29 is 22.7 Å². The van der Waals surface area contributed by atoms with Crippen molar-refractivity contribution in [2.45, 2.75) is 64.0 Å². The van der Waals surface area contributed by atoms with E-state index in [-0.39, 0.29) is 29.8 Å². The number of carbonyl (C=O) groups is 1. The first-order valence-corrected chi connectivity index (χ1v) is 12.5. The summed E-state index contributed by atoms with van der Waals surface area (Å²) in [5.41, 5.74) is 1.68. The Labute approximate surface area is 189 Å². The second-order valence-corrected chi connectivity index (χ2v) is 11.4. The van der Waals surface area contributed by atoms with E-state index in [1.807, 2.05) is 33.8 Å². The van der Waals surface area contributed by atoms with Crippen molar-refractivity contribution in [3.63, 3.8) is 0 Å². The molecule has 0 heterocycles. The molecule has 0 radical (unpaired) electrons. The molecular weight excluding hydrogens is 431 g/mol. The molecule has 2 aromatic carbocycles. The molecule has 0 bridgehead atoms. The number of hydrogen-bond acceptors (Lipinski definition) is 4. The van der Waals surface area contributed by atoms with E-state index in [0.29, 0.717) is 35.2 Å². The van der Waals surface area contributed by atoms with Crippen LogP contribution in [0.25, 0.3) is 0 Å². The summed E-state index contributed by atoms with van der Waals surface area (Å²) in [5.74, 6) is -0.472. The zero-order valence-corrected chi connectivity index (χ0v) is 19.9. The Kier molecular flexibility index (Phi) is 6.41. The monoisotopic (exact) mass is 462 g/mol. The number of halogens is 1. The lowest BCUT2D eigenvalue weighted by Crippen LogP contribution is -2.36. The summed E-state index contributed by atoms with van der Waals surface area (Å²) < 4.78 is 40.1. The van der Waals surface area contributed by atoms with Crippen LogP contribution < -0.4 is 10.0 Å². The maximum atomic E-state index is 14.7. The van der Waals surface area contributed by atoms with Crippen LogP contribution in [0.3, 0.4) is 0 Å². The second kappa shape index (κ2) is 8.48. The van der Waals surface area contributed by atoms with Crippen molar-refractivity contribution in [2.24, 2.45) is 0 Å². The van der Waals surface area contributed by atoms with Crippen LogP contribution in [0.2, 0.25) is 0 Å². The molecule has 1 fully saturated rings. The van der Waals surface area contributed by atoms with Gasteiger partial charge in [0.25, 0.3) is 0 Å². The number of anilines is 1. The van der Waals surface area contributed by atoms with Gasteiger partial charge in [-0.3, -0.25) is 9.52 Å². The van der Waals surface area contributed by atoms with E-state index in [9.17, 15) is 22.7 Å². The van der Waals surface area contributed by atoms with Crippen molar-refractivity contribution >= 4 is 21.6 Å². The molecule has 32 heavy (non-hydrogen) atoms. The molecule has 0 saturated heterocycles. The molecule has 174 valence electrons.